The zero-order valence-corrected chi connectivity index (χ0v) is 15.8. The van der Waals surface area contributed by atoms with Crippen LogP contribution < -0.4 is 0 Å². The Morgan fingerprint density at radius 3 is 2.56 bits per heavy atom. The van der Waals surface area contributed by atoms with E-state index < -0.39 is 0 Å². The summed E-state index contributed by atoms with van der Waals surface area (Å²) in [6, 6.07) is 8.14. The fourth-order valence-electron chi connectivity index (χ4n) is 2.89. The van der Waals surface area contributed by atoms with Crippen molar-refractivity contribution in [1.82, 2.24) is 25.0 Å². The Labute approximate surface area is 153 Å². The molecule has 1 aliphatic heterocycles. The average molecular weight is 359 g/mol. The van der Waals surface area contributed by atoms with E-state index in [9.17, 15) is 4.79 Å². The number of thioether (sulfide) groups is 1. The molecule has 1 fully saturated rings. The zero-order chi connectivity index (χ0) is 17.8. The smallest absolute Gasteiger partial charge is 0.235 e. The second-order valence-electron chi connectivity index (χ2n) is 6.35. The van der Waals surface area contributed by atoms with E-state index in [1.165, 1.54) is 17.3 Å². The highest BCUT2D eigenvalue weighted by molar-refractivity contribution is 8.00. The lowest BCUT2D eigenvalue weighted by atomic mass is 10.1. The van der Waals surface area contributed by atoms with E-state index in [2.05, 4.69) is 33.9 Å². The second kappa shape index (κ2) is 8.01. The Kier molecular flexibility index (Phi) is 5.75. The maximum Gasteiger partial charge on any atom is 0.235 e. The first-order valence-electron chi connectivity index (χ1n) is 8.74. The fraction of sp³-hybridized carbons (Fsp3) is 0.500. The van der Waals surface area contributed by atoms with Crippen molar-refractivity contribution in [2.24, 2.45) is 0 Å². The molecule has 2 heterocycles. The Morgan fingerprint density at radius 2 is 1.92 bits per heavy atom. The largest absolute Gasteiger partial charge is 0.339 e. The number of carbonyl (C=O) groups is 1. The number of rotatable bonds is 5. The van der Waals surface area contributed by atoms with Crippen LogP contribution >= 0.6 is 11.8 Å². The van der Waals surface area contributed by atoms with Gasteiger partial charge in [-0.3, -0.25) is 9.89 Å². The van der Waals surface area contributed by atoms with Gasteiger partial charge in [0.2, 0.25) is 11.1 Å². The number of likely N-dealkylation sites (N-methyl/N-ethyl adjacent to an activating group) is 1. The van der Waals surface area contributed by atoms with E-state index in [0.29, 0.717) is 5.16 Å². The monoisotopic (exact) mass is 359 g/mol. The summed E-state index contributed by atoms with van der Waals surface area (Å²) in [6.07, 6.45) is 0. The number of benzene rings is 1. The lowest BCUT2D eigenvalue weighted by molar-refractivity contribution is -0.132. The number of piperazine rings is 1. The van der Waals surface area contributed by atoms with Crippen LogP contribution in [0.2, 0.25) is 0 Å². The molecule has 1 aromatic carbocycles. The number of nitrogens with one attached hydrogen (secondary N) is 1. The van der Waals surface area contributed by atoms with Gasteiger partial charge in [0.25, 0.3) is 0 Å². The molecule has 1 atom stereocenters. The van der Waals surface area contributed by atoms with Crippen molar-refractivity contribution >= 4 is 17.7 Å². The maximum atomic E-state index is 12.6. The number of aromatic nitrogens is 3. The quantitative estimate of drug-likeness (QED) is 0.831. The van der Waals surface area contributed by atoms with Gasteiger partial charge in [0.1, 0.15) is 0 Å². The van der Waals surface area contributed by atoms with Crippen LogP contribution in [0.4, 0.5) is 0 Å². The van der Waals surface area contributed by atoms with Crippen LogP contribution in [0, 0.1) is 6.92 Å². The number of hydrogen-bond acceptors (Lipinski definition) is 5. The average Bonchev–Trinajstić information content (AvgIpc) is 3.10. The molecule has 7 heteroatoms. The van der Waals surface area contributed by atoms with E-state index in [-0.39, 0.29) is 11.2 Å². The molecule has 0 aliphatic carbocycles. The summed E-state index contributed by atoms with van der Waals surface area (Å²) in [5.74, 6) is 0.904. The second-order valence-corrected chi connectivity index (χ2v) is 7.66. The molecule has 0 spiro atoms. The van der Waals surface area contributed by atoms with Crippen LogP contribution in [0.15, 0.2) is 29.4 Å². The van der Waals surface area contributed by atoms with Gasteiger partial charge < -0.3 is 9.80 Å². The van der Waals surface area contributed by atoms with E-state index in [1.54, 1.807) is 0 Å². The highest BCUT2D eigenvalue weighted by Crippen LogP contribution is 2.24. The van der Waals surface area contributed by atoms with Crippen LogP contribution in [-0.4, -0.2) is 68.9 Å². The minimum atomic E-state index is -0.185. The van der Waals surface area contributed by atoms with Crippen LogP contribution in [0.3, 0.4) is 0 Å². The third kappa shape index (κ3) is 4.41. The highest BCUT2D eigenvalue weighted by Gasteiger charge is 2.26. The standard InChI is InChI=1S/C18H25N5OS/c1-4-22-9-11-23(12-10-22)17(24)14(3)25-18-19-16(20-21-18)15-7-5-13(2)6-8-15/h5-8,14H,4,9-12H2,1-3H3,(H,19,20,21). The molecule has 1 aromatic heterocycles. The van der Waals surface area contributed by atoms with Gasteiger partial charge in [0, 0.05) is 31.7 Å². The number of aromatic amines is 1. The summed E-state index contributed by atoms with van der Waals surface area (Å²) in [7, 11) is 0. The maximum absolute atomic E-state index is 12.6. The van der Waals surface area contributed by atoms with Gasteiger partial charge in [0.15, 0.2) is 5.82 Å². The summed E-state index contributed by atoms with van der Waals surface area (Å²) in [5.41, 5.74) is 2.21. The highest BCUT2D eigenvalue weighted by atomic mass is 32.2. The first-order chi connectivity index (χ1) is 12.1. The van der Waals surface area contributed by atoms with Gasteiger partial charge in [-0.15, -0.1) is 5.10 Å². The molecule has 0 radical (unpaired) electrons. The minimum Gasteiger partial charge on any atom is -0.339 e. The molecule has 134 valence electrons. The van der Waals surface area contributed by atoms with Crippen LogP contribution in [0.25, 0.3) is 11.4 Å². The molecule has 25 heavy (non-hydrogen) atoms. The molecule has 1 N–H and O–H groups in total. The molecule has 3 rings (SSSR count). The molecule has 1 saturated heterocycles. The number of H-pyrrole nitrogens is 1. The normalized spacial score (nSPS) is 16.8. The molecule has 1 aliphatic rings. The topological polar surface area (TPSA) is 65.1 Å². The summed E-state index contributed by atoms with van der Waals surface area (Å²) in [5, 5.41) is 7.65. The summed E-state index contributed by atoms with van der Waals surface area (Å²) in [4.78, 5) is 21.5. The molecule has 2 aromatic rings. The number of aryl methyl sites for hydroxylation is 1. The fourth-order valence-corrected chi connectivity index (χ4v) is 3.70. The number of amides is 1. The van der Waals surface area contributed by atoms with Crippen molar-refractivity contribution < 1.29 is 4.79 Å². The van der Waals surface area contributed by atoms with Gasteiger partial charge in [0.05, 0.1) is 5.25 Å². The predicted molar refractivity (Wildman–Crippen MR) is 101 cm³/mol. The van der Waals surface area contributed by atoms with E-state index in [4.69, 9.17) is 0 Å². The number of carbonyl (C=O) groups excluding carboxylic acids is 1. The van der Waals surface area contributed by atoms with Crippen LogP contribution in [0.5, 0.6) is 0 Å². The predicted octanol–water partition coefficient (Wildman–Crippen LogP) is 2.42. The molecule has 0 saturated carbocycles. The summed E-state index contributed by atoms with van der Waals surface area (Å²) >= 11 is 1.41. The Balaban J connectivity index is 1.59. The van der Waals surface area contributed by atoms with E-state index >= 15 is 0 Å². The molecular formula is C18H25N5OS. The van der Waals surface area contributed by atoms with Crippen LogP contribution in [-0.2, 0) is 4.79 Å². The zero-order valence-electron chi connectivity index (χ0n) is 15.0. The summed E-state index contributed by atoms with van der Waals surface area (Å²) < 4.78 is 0. The van der Waals surface area contributed by atoms with Gasteiger partial charge in [-0.25, -0.2) is 4.98 Å². The first-order valence-corrected chi connectivity index (χ1v) is 9.62. The van der Waals surface area contributed by atoms with Crippen molar-refractivity contribution in [3.05, 3.63) is 29.8 Å². The Hall–Kier alpha value is -1.86. The van der Waals surface area contributed by atoms with Crippen LogP contribution in [0.1, 0.15) is 19.4 Å². The molecule has 0 bridgehead atoms. The molecule has 1 unspecified atom stereocenters. The third-order valence-corrected chi connectivity index (χ3v) is 5.50. The van der Waals surface area contributed by atoms with Gasteiger partial charge in [-0.1, -0.05) is 48.5 Å². The minimum absolute atomic E-state index is 0.169. The van der Waals surface area contributed by atoms with E-state index in [0.717, 1.165) is 44.1 Å². The van der Waals surface area contributed by atoms with Gasteiger partial charge in [-0.2, -0.15) is 0 Å². The molecular weight excluding hydrogens is 334 g/mol. The third-order valence-electron chi connectivity index (χ3n) is 4.55. The number of nitrogens with zero attached hydrogens (tertiary/aromatic N) is 4. The van der Waals surface area contributed by atoms with Crippen molar-refractivity contribution in [3.63, 3.8) is 0 Å². The van der Waals surface area contributed by atoms with Gasteiger partial charge >= 0.3 is 0 Å². The van der Waals surface area contributed by atoms with Gasteiger partial charge in [-0.05, 0) is 20.4 Å². The van der Waals surface area contributed by atoms with Crippen molar-refractivity contribution in [1.29, 1.82) is 0 Å². The lowest BCUT2D eigenvalue weighted by Crippen LogP contribution is -2.50. The summed E-state index contributed by atoms with van der Waals surface area (Å²) in [6.45, 7) is 10.7. The Bertz CT molecular complexity index is 707. The number of hydrogen-bond donors (Lipinski definition) is 1. The lowest BCUT2D eigenvalue weighted by Gasteiger charge is -2.35. The Morgan fingerprint density at radius 1 is 1.24 bits per heavy atom. The molecule has 6 nitrogen and oxygen atoms in total. The molecule has 1 amide bonds. The van der Waals surface area contributed by atoms with Crippen molar-refractivity contribution in [2.45, 2.75) is 31.2 Å². The SMILES string of the molecule is CCN1CCN(C(=O)C(C)Sc2n[nH]c(-c3ccc(C)cc3)n2)CC1. The van der Waals surface area contributed by atoms with Crippen molar-refractivity contribution in [3.8, 4) is 11.4 Å². The van der Waals surface area contributed by atoms with E-state index in [1.807, 2.05) is 36.1 Å². The van der Waals surface area contributed by atoms with Crippen molar-refractivity contribution in [2.75, 3.05) is 32.7 Å². The first kappa shape index (κ1) is 17.9.